The van der Waals surface area contributed by atoms with Gasteiger partial charge in [-0.15, -0.1) is 0 Å². The smallest absolute Gasteiger partial charge is 0.191 e. The second kappa shape index (κ2) is 11.6. The summed E-state index contributed by atoms with van der Waals surface area (Å²) in [6.45, 7) is 6.69. The predicted octanol–water partition coefficient (Wildman–Crippen LogP) is 3.49. The summed E-state index contributed by atoms with van der Waals surface area (Å²) >= 11 is 0. The van der Waals surface area contributed by atoms with Crippen LogP contribution in [0, 0.1) is 0 Å². The summed E-state index contributed by atoms with van der Waals surface area (Å²) in [4.78, 5) is 4.71. The van der Waals surface area contributed by atoms with Gasteiger partial charge in [0.2, 0.25) is 0 Å². The number of aliphatic imine (C=N–C) groups is 1. The third-order valence-electron chi connectivity index (χ3n) is 4.96. The third kappa shape index (κ3) is 6.91. The summed E-state index contributed by atoms with van der Waals surface area (Å²) in [6.07, 6.45) is 3.51. The monoisotopic (exact) mass is 399 g/mol. The number of benzene rings is 2. The first kappa shape index (κ1) is 21.4. The molecule has 1 atom stereocenters. The normalized spacial score (nSPS) is 16.9. The van der Waals surface area contributed by atoms with Crippen molar-refractivity contribution < 1.29 is 14.2 Å². The zero-order valence-electron chi connectivity index (χ0n) is 17.6. The Balaban J connectivity index is 1.44. The number of ether oxygens (including phenoxy) is 3. The molecule has 0 radical (unpaired) electrons. The van der Waals surface area contributed by atoms with E-state index in [9.17, 15) is 0 Å². The number of guanidine groups is 1. The Morgan fingerprint density at radius 3 is 2.83 bits per heavy atom. The van der Waals surface area contributed by atoms with Gasteiger partial charge in [0.1, 0.15) is 5.75 Å². The number of hydrogen-bond acceptors (Lipinski definition) is 4. The maximum atomic E-state index is 5.71. The van der Waals surface area contributed by atoms with E-state index in [-0.39, 0.29) is 0 Å². The summed E-state index contributed by atoms with van der Waals surface area (Å²) in [5, 5.41) is 9.05. The fourth-order valence-electron chi connectivity index (χ4n) is 3.38. The van der Waals surface area contributed by atoms with E-state index in [1.54, 1.807) is 7.11 Å². The molecule has 29 heavy (non-hydrogen) atoms. The largest absolute Gasteiger partial charge is 0.497 e. The van der Waals surface area contributed by atoms with Crippen molar-refractivity contribution in [1.29, 1.82) is 0 Å². The molecule has 1 saturated heterocycles. The van der Waals surface area contributed by atoms with Crippen LogP contribution in [0.5, 0.6) is 5.75 Å². The van der Waals surface area contributed by atoms with Crippen LogP contribution in [0.15, 0.2) is 41.4 Å². The van der Waals surface area contributed by atoms with Crippen LogP contribution in [0.4, 0.5) is 0 Å². The lowest BCUT2D eigenvalue weighted by atomic mass is 10.1. The Labute approximate surface area is 173 Å². The number of methoxy groups -OCH3 is 1. The van der Waals surface area contributed by atoms with Crippen molar-refractivity contribution in [2.75, 3.05) is 40.0 Å². The molecule has 1 aliphatic rings. The Bertz CT molecular complexity index is 788. The maximum absolute atomic E-state index is 5.71. The highest BCUT2D eigenvalue weighted by molar-refractivity contribution is 5.84. The van der Waals surface area contributed by atoms with E-state index >= 15 is 0 Å². The van der Waals surface area contributed by atoms with Gasteiger partial charge in [-0.3, -0.25) is 0 Å². The SMILES string of the molecule is CCNC(=NCc1ccc2cc(OC)ccc2c1)NCCCOCC1CCCO1. The molecule has 0 bridgehead atoms. The molecule has 0 aliphatic carbocycles. The molecular weight excluding hydrogens is 366 g/mol. The minimum atomic E-state index is 0.296. The molecule has 2 aromatic rings. The van der Waals surface area contributed by atoms with E-state index in [0.717, 1.165) is 57.3 Å². The summed E-state index contributed by atoms with van der Waals surface area (Å²) in [7, 11) is 1.69. The molecule has 0 amide bonds. The van der Waals surface area contributed by atoms with Crippen LogP contribution in [0.25, 0.3) is 10.8 Å². The zero-order valence-corrected chi connectivity index (χ0v) is 17.6. The van der Waals surface area contributed by atoms with Crippen molar-refractivity contribution in [2.24, 2.45) is 4.99 Å². The van der Waals surface area contributed by atoms with Crippen LogP contribution in [0.1, 0.15) is 31.7 Å². The van der Waals surface area contributed by atoms with Crippen molar-refractivity contribution in [3.05, 3.63) is 42.0 Å². The van der Waals surface area contributed by atoms with Gasteiger partial charge in [-0.25, -0.2) is 4.99 Å². The molecule has 3 rings (SSSR count). The number of rotatable bonds is 10. The van der Waals surface area contributed by atoms with Crippen molar-refractivity contribution in [2.45, 2.75) is 38.8 Å². The van der Waals surface area contributed by atoms with Gasteiger partial charge in [-0.05, 0) is 60.7 Å². The molecule has 1 aliphatic heterocycles. The highest BCUT2D eigenvalue weighted by Crippen LogP contribution is 2.22. The van der Waals surface area contributed by atoms with E-state index < -0.39 is 0 Å². The summed E-state index contributed by atoms with van der Waals surface area (Å²) in [5.41, 5.74) is 1.18. The van der Waals surface area contributed by atoms with E-state index in [1.165, 1.54) is 16.3 Å². The van der Waals surface area contributed by atoms with E-state index in [2.05, 4.69) is 47.9 Å². The van der Waals surface area contributed by atoms with Gasteiger partial charge in [-0.1, -0.05) is 18.2 Å². The molecule has 0 aromatic heterocycles. The van der Waals surface area contributed by atoms with Gasteiger partial charge < -0.3 is 24.8 Å². The Morgan fingerprint density at radius 2 is 2.03 bits per heavy atom. The van der Waals surface area contributed by atoms with Crippen LogP contribution >= 0.6 is 0 Å². The van der Waals surface area contributed by atoms with Crippen molar-refractivity contribution >= 4 is 16.7 Å². The first-order valence-corrected chi connectivity index (χ1v) is 10.6. The molecular formula is C23H33N3O3. The third-order valence-corrected chi connectivity index (χ3v) is 4.96. The minimum absolute atomic E-state index is 0.296. The van der Waals surface area contributed by atoms with Gasteiger partial charge in [0, 0.05) is 26.3 Å². The second-order valence-corrected chi connectivity index (χ2v) is 7.23. The van der Waals surface area contributed by atoms with Crippen molar-refractivity contribution in [3.63, 3.8) is 0 Å². The van der Waals surface area contributed by atoms with Gasteiger partial charge in [0.15, 0.2) is 5.96 Å². The van der Waals surface area contributed by atoms with Crippen LogP contribution in [-0.2, 0) is 16.0 Å². The highest BCUT2D eigenvalue weighted by Gasteiger charge is 2.14. The van der Waals surface area contributed by atoms with E-state index in [1.807, 2.05) is 6.07 Å². The van der Waals surface area contributed by atoms with Gasteiger partial charge in [-0.2, -0.15) is 0 Å². The summed E-state index contributed by atoms with van der Waals surface area (Å²) in [6, 6.07) is 12.5. The summed E-state index contributed by atoms with van der Waals surface area (Å²) < 4.78 is 16.6. The van der Waals surface area contributed by atoms with Crippen LogP contribution in [0.3, 0.4) is 0 Å². The molecule has 0 spiro atoms. The molecule has 1 unspecified atom stereocenters. The van der Waals surface area contributed by atoms with E-state index in [0.29, 0.717) is 19.3 Å². The van der Waals surface area contributed by atoms with Crippen molar-refractivity contribution in [3.8, 4) is 5.75 Å². The molecule has 158 valence electrons. The lowest BCUT2D eigenvalue weighted by Gasteiger charge is -2.13. The quantitative estimate of drug-likeness (QED) is 0.364. The Hall–Kier alpha value is -2.31. The number of fused-ring (bicyclic) bond motifs is 1. The van der Waals surface area contributed by atoms with Crippen molar-refractivity contribution in [1.82, 2.24) is 10.6 Å². The fraction of sp³-hybridized carbons (Fsp3) is 0.522. The van der Waals surface area contributed by atoms with Crippen LogP contribution < -0.4 is 15.4 Å². The van der Waals surface area contributed by atoms with Crippen LogP contribution in [0.2, 0.25) is 0 Å². The van der Waals surface area contributed by atoms with Gasteiger partial charge in [0.05, 0.1) is 26.4 Å². The standard InChI is InChI=1S/C23H33N3O3/c1-3-24-23(25-11-5-12-28-17-22-6-4-13-29-22)26-16-18-7-8-20-15-21(27-2)10-9-19(20)14-18/h7-10,14-15,22H,3-6,11-13,16-17H2,1-2H3,(H2,24,25,26). The molecule has 1 heterocycles. The first-order chi connectivity index (χ1) is 14.3. The topological polar surface area (TPSA) is 64.1 Å². The Kier molecular flexibility index (Phi) is 8.58. The van der Waals surface area contributed by atoms with Gasteiger partial charge in [0.25, 0.3) is 0 Å². The zero-order chi connectivity index (χ0) is 20.3. The highest BCUT2D eigenvalue weighted by atomic mass is 16.5. The molecule has 2 N–H and O–H groups in total. The number of nitrogens with zero attached hydrogens (tertiary/aromatic N) is 1. The average molecular weight is 400 g/mol. The second-order valence-electron chi connectivity index (χ2n) is 7.23. The first-order valence-electron chi connectivity index (χ1n) is 10.6. The molecule has 6 heteroatoms. The lowest BCUT2D eigenvalue weighted by Crippen LogP contribution is -2.38. The predicted molar refractivity (Wildman–Crippen MR) is 118 cm³/mol. The molecule has 1 fully saturated rings. The number of hydrogen-bond donors (Lipinski definition) is 2. The minimum Gasteiger partial charge on any atom is -0.497 e. The van der Waals surface area contributed by atoms with E-state index in [4.69, 9.17) is 19.2 Å². The summed E-state index contributed by atoms with van der Waals surface area (Å²) in [5.74, 6) is 1.71. The van der Waals surface area contributed by atoms with Gasteiger partial charge >= 0.3 is 0 Å². The molecule has 0 saturated carbocycles. The lowest BCUT2D eigenvalue weighted by molar-refractivity contribution is 0.0168. The fourth-order valence-corrected chi connectivity index (χ4v) is 3.38. The Morgan fingerprint density at radius 1 is 1.17 bits per heavy atom. The maximum Gasteiger partial charge on any atom is 0.191 e. The molecule has 6 nitrogen and oxygen atoms in total. The number of nitrogens with one attached hydrogen (secondary N) is 2. The van der Waals surface area contributed by atoms with Crippen LogP contribution in [-0.4, -0.2) is 52.1 Å². The average Bonchev–Trinajstić information content (AvgIpc) is 3.27. The molecule has 2 aromatic carbocycles.